The number of anilines is 1. The second-order valence-corrected chi connectivity index (χ2v) is 5.87. The molecule has 2 nitrogen and oxygen atoms in total. The number of hydrogen-bond acceptors (Lipinski definition) is 1. The van der Waals surface area contributed by atoms with Gasteiger partial charge in [-0.3, -0.25) is 4.79 Å². The summed E-state index contributed by atoms with van der Waals surface area (Å²) < 4.78 is 0. The molecule has 1 aromatic rings. The molecule has 0 fully saturated rings. The lowest BCUT2D eigenvalue weighted by molar-refractivity contribution is -0.118. The topological polar surface area (TPSA) is 20.3 Å². The first kappa shape index (κ1) is 12.6. The highest BCUT2D eigenvalue weighted by molar-refractivity contribution is 9.10. The fraction of sp³-hybridized carbons (Fsp3) is 0.500. The first-order valence-electron chi connectivity index (χ1n) is 6.16. The summed E-state index contributed by atoms with van der Waals surface area (Å²) in [6.45, 7) is 5.06. The molecule has 0 aromatic heterocycles. The fourth-order valence-electron chi connectivity index (χ4n) is 2.35. The second kappa shape index (κ2) is 5.21. The van der Waals surface area contributed by atoms with E-state index in [2.05, 4.69) is 35.0 Å². The highest BCUT2D eigenvalue weighted by Crippen LogP contribution is 2.30. The number of amides is 1. The SMILES string of the molecule is CCC(Br)C(=O)N1CC(C)Cc2ccccc21. The Balaban J connectivity index is 2.32. The predicted octanol–water partition coefficient (Wildman–Crippen LogP) is 3.39. The van der Waals surface area contributed by atoms with Gasteiger partial charge in [-0.2, -0.15) is 0 Å². The average molecular weight is 296 g/mol. The summed E-state index contributed by atoms with van der Waals surface area (Å²) in [4.78, 5) is 14.2. The van der Waals surface area contributed by atoms with Gasteiger partial charge in [-0.25, -0.2) is 0 Å². The third-order valence-electron chi connectivity index (χ3n) is 3.24. The molecule has 1 aliphatic rings. The van der Waals surface area contributed by atoms with Crippen molar-refractivity contribution in [3.63, 3.8) is 0 Å². The Bertz CT molecular complexity index is 418. The summed E-state index contributed by atoms with van der Waals surface area (Å²) >= 11 is 3.46. The molecular weight excluding hydrogens is 278 g/mol. The predicted molar refractivity (Wildman–Crippen MR) is 74.7 cm³/mol. The van der Waals surface area contributed by atoms with E-state index in [1.807, 2.05) is 24.0 Å². The highest BCUT2D eigenvalue weighted by Gasteiger charge is 2.28. The zero-order chi connectivity index (χ0) is 12.4. The van der Waals surface area contributed by atoms with Crippen molar-refractivity contribution >= 4 is 27.5 Å². The van der Waals surface area contributed by atoms with Gasteiger partial charge < -0.3 is 4.90 Å². The molecule has 0 bridgehead atoms. The lowest BCUT2D eigenvalue weighted by Gasteiger charge is -2.34. The molecule has 2 unspecified atom stereocenters. The average Bonchev–Trinajstić information content (AvgIpc) is 2.35. The van der Waals surface area contributed by atoms with Crippen LogP contribution in [0.1, 0.15) is 25.8 Å². The fourth-order valence-corrected chi connectivity index (χ4v) is 2.60. The molecule has 0 spiro atoms. The first-order chi connectivity index (χ1) is 8.13. The summed E-state index contributed by atoms with van der Waals surface area (Å²) in [5.74, 6) is 0.719. The van der Waals surface area contributed by atoms with E-state index in [0.29, 0.717) is 5.92 Å². The Hall–Kier alpha value is -0.830. The van der Waals surface area contributed by atoms with Crippen LogP contribution in [0.5, 0.6) is 0 Å². The van der Waals surface area contributed by atoms with E-state index in [0.717, 1.165) is 25.1 Å². The second-order valence-electron chi connectivity index (χ2n) is 4.76. The molecule has 0 N–H and O–H groups in total. The molecule has 2 atom stereocenters. The molecular formula is C14H18BrNO. The molecule has 1 amide bonds. The maximum absolute atomic E-state index is 12.3. The summed E-state index contributed by atoms with van der Waals surface area (Å²) in [6, 6.07) is 8.23. The van der Waals surface area contributed by atoms with E-state index in [9.17, 15) is 4.79 Å². The Morgan fingerprint density at radius 3 is 2.94 bits per heavy atom. The van der Waals surface area contributed by atoms with Gasteiger partial charge in [0, 0.05) is 12.2 Å². The summed E-state index contributed by atoms with van der Waals surface area (Å²) in [6.07, 6.45) is 1.89. The summed E-state index contributed by atoms with van der Waals surface area (Å²) in [7, 11) is 0. The van der Waals surface area contributed by atoms with Crippen LogP contribution >= 0.6 is 15.9 Å². The highest BCUT2D eigenvalue weighted by atomic mass is 79.9. The van der Waals surface area contributed by atoms with Crippen LogP contribution < -0.4 is 4.90 Å². The number of fused-ring (bicyclic) bond motifs is 1. The molecule has 0 saturated carbocycles. The lowest BCUT2D eigenvalue weighted by atomic mass is 9.93. The quantitative estimate of drug-likeness (QED) is 0.766. The number of hydrogen-bond donors (Lipinski definition) is 0. The smallest absolute Gasteiger partial charge is 0.240 e. The number of para-hydroxylation sites is 1. The van der Waals surface area contributed by atoms with Crippen molar-refractivity contribution in [1.29, 1.82) is 0 Å². The zero-order valence-corrected chi connectivity index (χ0v) is 11.9. The monoisotopic (exact) mass is 295 g/mol. The Labute approximate surface area is 111 Å². The molecule has 0 aliphatic carbocycles. The molecule has 2 rings (SSSR count). The van der Waals surface area contributed by atoms with Gasteiger partial charge in [0.25, 0.3) is 0 Å². The van der Waals surface area contributed by atoms with Crippen LogP contribution in [0.4, 0.5) is 5.69 Å². The minimum Gasteiger partial charge on any atom is -0.311 e. The summed E-state index contributed by atoms with van der Waals surface area (Å²) in [5.41, 5.74) is 2.38. The van der Waals surface area contributed by atoms with Gasteiger partial charge >= 0.3 is 0 Å². The van der Waals surface area contributed by atoms with Crippen LogP contribution in [0.15, 0.2) is 24.3 Å². The number of rotatable bonds is 2. The minimum atomic E-state index is -0.0687. The van der Waals surface area contributed by atoms with Gasteiger partial charge in [-0.15, -0.1) is 0 Å². The molecule has 1 heterocycles. The van der Waals surface area contributed by atoms with Crippen LogP contribution in [0.3, 0.4) is 0 Å². The molecule has 92 valence electrons. The Morgan fingerprint density at radius 2 is 2.24 bits per heavy atom. The van der Waals surface area contributed by atoms with Crippen molar-refractivity contribution in [3.05, 3.63) is 29.8 Å². The first-order valence-corrected chi connectivity index (χ1v) is 7.08. The number of nitrogens with zero attached hydrogens (tertiary/aromatic N) is 1. The van der Waals surface area contributed by atoms with Gasteiger partial charge in [0.05, 0.1) is 4.83 Å². The van der Waals surface area contributed by atoms with Crippen LogP contribution in [0.2, 0.25) is 0 Å². The molecule has 1 aromatic carbocycles. The van der Waals surface area contributed by atoms with Crippen LogP contribution in [0, 0.1) is 5.92 Å². The number of carbonyl (C=O) groups is 1. The maximum atomic E-state index is 12.3. The van der Waals surface area contributed by atoms with Crippen LogP contribution in [-0.2, 0) is 11.2 Å². The number of benzene rings is 1. The number of halogens is 1. The van der Waals surface area contributed by atoms with E-state index >= 15 is 0 Å². The van der Waals surface area contributed by atoms with Crippen LogP contribution in [0.25, 0.3) is 0 Å². The molecule has 3 heteroatoms. The Morgan fingerprint density at radius 1 is 1.53 bits per heavy atom. The van der Waals surface area contributed by atoms with Crippen molar-refractivity contribution < 1.29 is 4.79 Å². The zero-order valence-electron chi connectivity index (χ0n) is 10.3. The largest absolute Gasteiger partial charge is 0.311 e. The van der Waals surface area contributed by atoms with Crippen molar-refractivity contribution in [2.45, 2.75) is 31.5 Å². The molecule has 1 aliphatic heterocycles. The van der Waals surface area contributed by atoms with Crippen molar-refractivity contribution in [2.75, 3.05) is 11.4 Å². The van der Waals surface area contributed by atoms with Gasteiger partial charge in [0.15, 0.2) is 0 Å². The summed E-state index contributed by atoms with van der Waals surface area (Å²) in [5, 5.41) is 0. The van der Waals surface area contributed by atoms with Gasteiger partial charge in [0.2, 0.25) is 5.91 Å². The number of alkyl halides is 1. The molecule has 17 heavy (non-hydrogen) atoms. The van der Waals surface area contributed by atoms with Crippen molar-refractivity contribution in [3.8, 4) is 0 Å². The minimum absolute atomic E-state index is 0.0687. The van der Waals surface area contributed by atoms with Gasteiger partial charge in [-0.1, -0.05) is 48.0 Å². The third kappa shape index (κ3) is 2.54. The van der Waals surface area contributed by atoms with Crippen molar-refractivity contribution in [2.24, 2.45) is 5.92 Å². The maximum Gasteiger partial charge on any atom is 0.240 e. The normalized spacial score (nSPS) is 20.9. The van der Waals surface area contributed by atoms with Gasteiger partial charge in [-0.05, 0) is 30.4 Å². The third-order valence-corrected chi connectivity index (χ3v) is 4.28. The van der Waals surface area contributed by atoms with E-state index in [4.69, 9.17) is 0 Å². The van der Waals surface area contributed by atoms with Crippen molar-refractivity contribution in [1.82, 2.24) is 0 Å². The van der Waals surface area contributed by atoms with E-state index in [1.54, 1.807) is 0 Å². The van der Waals surface area contributed by atoms with Crippen LogP contribution in [-0.4, -0.2) is 17.3 Å². The number of carbonyl (C=O) groups excluding carboxylic acids is 1. The van der Waals surface area contributed by atoms with E-state index in [-0.39, 0.29) is 10.7 Å². The lowest BCUT2D eigenvalue weighted by Crippen LogP contribution is -2.42. The van der Waals surface area contributed by atoms with E-state index in [1.165, 1.54) is 5.56 Å². The molecule has 0 radical (unpaired) electrons. The molecule has 0 saturated heterocycles. The standard InChI is InChI=1S/C14H18BrNO/c1-3-12(15)14(17)16-9-10(2)8-11-6-4-5-7-13(11)16/h4-7,10,12H,3,8-9H2,1-2H3. The van der Waals surface area contributed by atoms with Gasteiger partial charge in [0.1, 0.15) is 0 Å². The Kier molecular flexibility index (Phi) is 3.87. The van der Waals surface area contributed by atoms with E-state index < -0.39 is 0 Å².